The number of hydrogen-bond acceptors (Lipinski definition) is 3. The molecule has 0 bridgehead atoms. The van der Waals surface area contributed by atoms with E-state index in [0.29, 0.717) is 6.54 Å². The van der Waals surface area contributed by atoms with Crippen LogP contribution in [-0.4, -0.2) is 24.3 Å². The first kappa shape index (κ1) is 28.9. The third-order valence-electron chi connectivity index (χ3n) is 3.00. The molecule has 0 N–H and O–H groups in total. The van der Waals surface area contributed by atoms with Gasteiger partial charge in [0.15, 0.2) is 5.78 Å². The summed E-state index contributed by atoms with van der Waals surface area (Å²) in [5.74, 6) is 0.313. The number of aliphatic imine (C=N–C) groups is 1. The molecule has 0 saturated carbocycles. The molecule has 0 aromatic carbocycles. The second-order valence-electron chi connectivity index (χ2n) is 8.30. The zero-order chi connectivity index (χ0) is 18.7. The minimum atomic E-state index is -0.252. The van der Waals surface area contributed by atoms with Crippen molar-refractivity contribution in [2.24, 2.45) is 21.7 Å². The summed E-state index contributed by atoms with van der Waals surface area (Å²) in [4.78, 5) is 26.0. The van der Waals surface area contributed by atoms with Crippen LogP contribution < -0.4 is 0 Å². The Balaban J connectivity index is -0.000000364. The van der Waals surface area contributed by atoms with Crippen molar-refractivity contribution in [2.75, 3.05) is 6.54 Å². The van der Waals surface area contributed by atoms with E-state index in [4.69, 9.17) is 0 Å². The van der Waals surface area contributed by atoms with Crippen molar-refractivity contribution in [3.8, 4) is 0 Å². The van der Waals surface area contributed by atoms with E-state index in [9.17, 15) is 9.59 Å². The van der Waals surface area contributed by atoms with Gasteiger partial charge in [-0.1, -0.05) is 54.4 Å². The van der Waals surface area contributed by atoms with Crippen LogP contribution in [-0.2, 0) is 42.3 Å². The van der Waals surface area contributed by atoms with Gasteiger partial charge in [0.25, 0.3) is 0 Å². The largest absolute Gasteiger partial charge is 0.343 e. The Hall–Kier alpha value is 0.114. The van der Waals surface area contributed by atoms with Gasteiger partial charge in [0, 0.05) is 38.1 Å². The molecule has 0 heterocycles. The van der Waals surface area contributed by atoms with E-state index in [0.717, 1.165) is 25.7 Å². The number of rotatable bonds is 7. The average Bonchev–Trinajstić information content (AvgIpc) is 2.35. The molecule has 0 amide bonds. The van der Waals surface area contributed by atoms with Crippen LogP contribution in [0, 0.1) is 30.6 Å². The van der Waals surface area contributed by atoms with Gasteiger partial charge in [-0.15, -0.1) is 5.92 Å². The summed E-state index contributed by atoms with van der Waals surface area (Å²) < 4.78 is 0. The second-order valence-corrected chi connectivity index (χ2v) is 8.30. The molecule has 0 spiro atoms. The van der Waals surface area contributed by atoms with Crippen LogP contribution in [0.3, 0.4) is 0 Å². The maximum Gasteiger partial charge on any atom is 0.151 e. The van der Waals surface area contributed by atoms with Gasteiger partial charge in [-0.25, -0.2) is 0 Å². The predicted molar refractivity (Wildman–Crippen MR) is 101 cm³/mol. The van der Waals surface area contributed by atoms with Crippen molar-refractivity contribution in [1.82, 2.24) is 0 Å². The minimum absolute atomic E-state index is 0. The standard InChI is InChI=1S/C12H23O.C8H14NO.Y/c1-9(8-11(2,3)4)10(13)12(5,6)7;1-3-4-5-6-9-7-8(2)10;/h9H,1,8H2,2-7H3;6H,1,3-5,7H2,2H3;/q2*-1;. The van der Waals surface area contributed by atoms with Crippen molar-refractivity contribution < 1.29 is 42.3 Å². The predicted octanol–water partition coefficient (Wildman–Crippen LogP) is 5.14. The van der Waals surface area contributed by atoms with E-state index < -0.39 is 0 Å². The average molecular weight is 412 g/mol. The molecular weight excluding hydrogens is 375 g/mol. The molecule has 0 aliphatic rings. The number of carbonyl (C=O) groups excluding carboxylic acids is 2. The number of nitrogens with zero attached hydrogens (tertiary/aromatic N) is 1. The number of unbranched alkanes of at least 4 members (excludes halogenated alkanes) is 2. The number of hydrogen-bond donors (Lipinski definition) is 0. The first-order valence-electron chi connectivity index (χ1n) is 8.45. The van der Waals surface area contributed by atoms with E-state index in [1.54, 1.807) is 13.1 Å². The molecule has 0 fully saturated rings. The van der Waals surface area contributed by atoms with Gasteiger partial charge in [-0.3, -0.25) is 9.79 Å². The van der Waals surface area contributed by atoms with Gasteiger partial charge >= 0.3 is 0 Å². The third kappa shape index (κ3) is 20.2. The Kier molecular flexibility index (Phi) is 17.2. The second kappa shape index (κ2) is 14.3. The molecule has 0 saturated heterocycles. The van der Waals surface area contributed by atoms with Gasteiger partial charge in [0.05, 0.1) is 6.54 Å². The SMILES string of the molecule is [CH2-]C(CC(C)(C)C)C(=O)C(C)(C)C.[CH2-]CCCC=NCC(C)=O.[Y]. The van der Waals surface area contributed by atoms with Crippen molar-refractivity contribution in [3.63, 3.8) is 0 Å². The molecule has 0 aliphatic heterocycles. The Morgan fingerprint density at radius 3 is 1.96 bits per heavy atom. The molecule has 139 valence electrons. The summed E-state index contributed by atoms with van der Waals surface area (Å²) >= 11 is 0. The summed E-state index contributed by atoms with van der Waals surface area (Å²) in [6.45, 7) is 21.8. The van der Waals surface area contributed by atoms with E-state index in [2.05, 4.69) is 39.6 Å². The first-order valence-corrected chi connectivity index (χ1v) is 8.45. The zero-order valence-corrected chi connectivity index (χ0v) is 19.8. The molecule has 0 rings (SSSR count). The van der Waals surface area contributed by atoms with Crippen molar-refractivity contribution >= 4 is 17.8 Å². The fourth-order valence-electron chi connectivity index (χ4n) is 1.96. The van der Waals surface area contributed by atoms with Gasteiger partial charge < -0.3 is 18.6 Å². The van der Waals surface area contributed by atoms with Crippen LogP contribution in [0.2, 0.25) is 0 Å². The fourth-order valence-corrected chi connectivity index (χ4v) is 1.96. The third-order valence-corrected chi connectivity index (χ3v) is 3.00. The fraction of sp³-hybridized carbons (Fsp3) is 0.750. The maximum absolute atomic E-state index is 11.8. The van der Waals surface area contributed by atoms with Gasteiger partial charge in [-0.05, 0) is 25.0 Å². The Morgan fingerprint density at radius 1 is 1.12 bits per heavy atom. The van der Waals surface area contributed by atoms with Crippen LogP contribution in [0.15, 0.2) is 4.99 Å². The first-order chi connectivity index (χ1) is 10.3. The molecule has 0 aromatic rings. The zero-order valence-electron chi connectivity index (χ0n) is 16.9. The molecule has 24 heavy (non-hydrogen) atoms. The Bertz CT molecular complexity index is 376. The Morgan fingerprint density at radius 2 is 1.62 bits per heavy atom. The topological polar surface area (TPSA) is 46.5 Å². The van der Waals surface area contributed by atoms with Gasteiger partial charge in [0.2, 0.25) is 0 Å². The smallest absolute Gasteiger partial charge is 0.151 e. The van der Waals surface area contributed by atoms with E-state index in [1.165, 1.54) is 0 Å². The number of ketones is 2. The molecule has 4 heteroatoms. The monoisotopic (exact) mass is 412 g/mol. The van der Waals surface area contributed by atoms with Crippen LogP contribution in [0.5, 0.6) is 0 Å². The minimum Gasteiger partial charge on any atom is -0.343 e. The van der Waals surface area contributed by atoms with Crippen molar-refractivity contribution in [2.45, 2.75) is 74.1 Å². The van der Waals surface area contributed by atoms with Crippen LogP contribution in [0.4, 0.5) is 0 Å². The summed E-state index contributed by atoms with van der Waals surface area (Å²) in [6.07, 6.45) is 5.60. The quantitative estimate of drug-likeness (QED) is 0.330. The van der Waals surface area contributed by atoms with Crippen LogP contribution in [0.25, 0.3) is 0 Å². The summed E-state index contributed by atoms with van der Waals surface area (Å²) in [5.41, 5.74) is -0.0645. The Labute approximate surface area is 175 Å². The number of carbonyl (C=O) groups is 2. The molecular formula is C20H37NO2Y-2. The van der Waals surface area contributed by atoms with E-state index >= 15 is 0 Å². The molecule has 1 atom stereocenters. The summed E-state index contributed by atoms with van der Waals surface area (Å²) in [5, 5.41) is 0. The summed E-state index contributed by atoms with van der Waals surface area (Å²) in [6, 6.07) is 0. The number of Topliss-reactive ketones (excluding diaryl/α,β-unsaturated/α-hetero) is 2. The molecule has 1 unspecified atom stereocenters. The van der Waals surface area contributed by atoms with Crippen molar-refractivity contribution in [1.29, 1.82) is 0 Å². The van der Waals surface area contributed by atoms with Gasteiger partial charge in [0.1, 0.15) is 5.78 Å². The molecule has 0 aliphatic carbocycles. The maximum atomic E-state index is 11.8. The molecule has 1 radical (unpaired) electrons. The van der Waals surface area contributed by atoms with Crippen LogP contribution in [0.1, 0.15) is 74.1 Å². The van der Waals surface area contributed by atoms with Gasteiger partial charge in [-0.2, -0.15) is 6.42 Å². The van der Waals surface area contributed by atoms with Crippen molar-refractivity contribution in [3.05, 3.63) is 13.8 Å². The normalized spacial score (nSPS) is 12.9. The molecule has 0 aromatic heterocycles. The van der Waals surface area contributed by atoms with E-state index in [1.807, 2.05) is 20.8 Å². The molecule has 3 nitrogen and oxygen atoms in total. The van der Waals surface area contributed by atoms with E-state index in [-0.39, 0.29) is 61.0 Å². The summed E-state index contributed by atoms with van der Waals surface area (Å²) in [7, 11) is 0. The van der Waals surface area contributed by atoms with Crippen LogP contribution >= 0.6 is 0 Å².